The Morgan fingerprint density at radius 2 is 1.89 bits per heavy atom. The van der Waals surface area contributed by atoms with Crippen molar-refractivity contribution in [3.05, 3.63) is 65.2 Å². The van der Waals surface area contributed by atoms with E-state index in [1.165, 1.54) is 0 Å². The first-order valence-electron chi connectivity index (χ1n) is 6.20. The van der Waals surface area contributed by atoms with Gasteiger partial charge in [-0.05, 0) is 17.2 Å². The van der Waals surface area contributed by atoms with Crippen LogP contribution in [0.3, 0.4) is 0 Å². The standard InChI is InChI=1S/C16H14O3/c1-18-13-9-5-8-12-10-14(17)19-16(15(12)13)11-6-3-2-4-7-11/h2-9,16H,10H2,1H3. The molecule has 1 atom stereocenters. The largest absolute Gasteiger partial charge is 0.496 e. The molecule has 0 aliphatic carbocycles. The van der Waals surface area contributed by atoms with Crippen LogP contribution in [0.5, 0.6) is 5.75 Å². The third-order valence-electron chi connectivity index (χ3n) is 3.32. The van der Waals surface area contributed by atoms with Crippen molar-refractivity contribution >= 4 is 5.97 Å². The molecule has 0 amide bonds. The van der Waals surface area contributed by atoms with E-state index in [9.17, 15) is 4.79 Å². The number of benzene rings is 2. The number of fused-ring (bicyclic) bond motifs is 1. The van der Waals surface area contributed by atoms with E-state index in [0.717, 1.165) is 22.4 Å². The third-order valence-corrected chi connectivity index (χ3v) is 3.32. The minimum atomic E-state index is -0.381. The van der Waals surface area contributed by atoms with Crippen LogP contribution in [-0.2, 0) is 16.0 Å². The molecule has 0 spiro atoms. The Kier molecular flexibility index (Phi) is 2.95. The molecule has 0 radical (unpaired) electrons. The number of rotatable bonds is 2. The number of esters is 1. The molecule has 3 nitrogen and oxygen atoms in total. The number of hydrogen-bond donors (Lipinski definition) is 0. The highest BCUT2D eigenvalue weighted by Gasteiger charge is 2.30. The summed E-state index contributed by atoms with van der Waals surface area (Å²) in [5.74, 6) is 0.563. The van der Waals surface area contributed by atoms with E-state index in [0.29, 0.717) is 6.42 Å². The third kappa shape index (κ3) is 2.08. The Bertz CT molecular complexity index is 605. The molecule has 1 heterocycles. The fourth-order valence-corrected chi connectivity index (χ4v) is 2.47. The van der Waals surface area contributed by atoms with E-state index in [4.69, 9.17) is 9.47 Å². The zero-order valence-electron chi connectivity index (χ0n) is 10.6. The number of cyclic esters (lactones) is 1. The summed E-state index contributed by atoms with van der Waals surface area (Å²) in [6.07, 6.45) is -0.0795. The van der Waals surface area contributed by atoms with Gasteiger partial charge in [-0.1, -0.05) is 42.5 Å². The minimum Gasteiger partial charge on any atom is -0.496 e. The van der Waals surface area contributed by atoms with Gasteiger partial charge in [0, 0.05) is 5.56 Å². The summed E-state index contributed by atoms with van der Waals surface area (Å²) in [4.78, 5) is 11.7. The maximum atomic E-state index is 11.7. The second-order valence-electron chi connectivity index (χ2n) is 4.49. The lowest BCUT2D eigenvalue weighted by atomic mass is 9.92. The van der Waals surface area contributed by atoms with Gasteiger partial charge in [0.15, 0.2) is 6.10 Å². The molecule has 0 N–H and O–H groups in total. The van der Waals surface area contributed by atoms with Crippen LogP contribution in [0.25, 0.3) is 0 Å². The molecule has 0 aromatic heterocycles. The van der Waals surface area contributed by atoms with Crippen LogP contribution in [0.15, 0.2) is 48.5 Å². The number of carbonyl (C=O) groups is 1. The molecule has 19 heavy (non-hydrogen) atoms. The number of hydrogen-bond acceptors (Lipinski definition) is 3. The summed E-state index contributed by atoms with van der Waals surface area (Å²) in [6.45, 7) is 0. The molecule has 2 aromatic rings. The maximum absolute atomic E-state index is 11.7. The first kappa shape index (κ1) is 11.8. The van der Waals surface area contributed by atoms with Gasteiger partial charge in [-0.15, -0.1) is 0 Å². The number of ether oxygens (including phenoxy) is 2. The highest BCUT2D eigenvalue weighted by molar-refractivity contribution is 5.76. The second kappa shape index (κ2) is 4.76. The van der Waals surface area contributed by atoms with E-state index in [-0.39, 0.29) is 12.1 Å². The fraction of sp³-hybridized carbons (Fsp3) is 0.188. The van der Waals surface area contributed by atoms with Crippen molar-refractivity contribution in [2.75, 3.05) is 7.11 Å². The van der Waals surface area contributed by atoms with Crippen molar-refractivity contribution in [2.24, 2.45) is 0 Å². The van der Waals surface area contributed by atoms with Gasteiger partial charge >= 0.3 is 5.97 Å². The number of carbonyl (C=O) groups excluding carboxylic acids is 1. The molecule has 1 aliphatic rings. The molecular weight excluding hydrogens is 240 g/mol. The minimum absolute atomic E-state index is 0.199. The Balaban J connectivity index is 2.16. The Morgan fingerprint density at radius 1 is 1.11 bits per heavy atom. The molecule has 0 bridgehead atoms. The van der Waals surface area contributed by atoms with Crippen LogP contribution < -0.4 is 4.74 Å². The topological polar surface area (TPSA) is 35.5 Å². The molecular formula is C16H14O3. The van der Waals surface area contributed by atoms with E-state index < -0.39 is 0 Å². The van der Waals surface area contributed by atoms with Gasteiger partial charge < -0.3 is 9.47 Å². The van der Waals surface area contributed by atoms with E-state index >= 15 is 0 Å². The van der Waals surface area contributed by atoms with Gasteiger partial charge in [-0.25, -0.2) is 0 Å². The zero-order chi connectivity index (χ0) is 13.2. The van der Waals surface area contributed by atoms with Crippen molar-refractivity contribution in [2.45, 2.75) is 12.5 Å². The van der Waals surface area contributed by atoms with Gasteiger partial charge in [-0.3, -0.25) is 4.79 Å². The van der Waals surface area contributed by atoms with Crippen LogP contribution in [0, 0.1) is 0 Å². The summed E-state index contributed by atoms with van der Waals surface area (Å²) in [5, 5.41) is 0. The van der Waals surface area contributed by atoms with E-state index in [1.54, 1.807) is 7.11 Å². The predicted octanol–water partition coefficient (Wildman–Crippen LogP) is 2.88. The summed E-state index contributed by atoms with van der Waals surface area (Å²) < 4.78 is 10.9. The van der Waals surface area contributed by atoms with E-state index in [2.05, 4.69) is 0 Å². The predicted molar refractivity (Wildman–Crippen MR) is 71.1 cm³/mol. The van der Waals surface area contributed by atoms with Crippen molar-refractivity contribution in [3.8, 4) is 5.75 Å². The van der Waals surface area contributed by atoms with Crippen LogP contribution in [0.2, 0.25) is 0 Å². The van der Waals surface area contributed by atoms with Crippen LogP contribution in [0.4, 0.5) is 0 Å². The van der Waals surface area contributed by atoms with Crippen molar-refractivity contribution in [1.82, 2.24) is 0 Å². The quantitative estimate of drug-likeness (QED) is 0.773. The molecule has 0 saturated carbocycles. The van der Waals surface area contributed by atoms with Crippen LogP contribution in [-0.4, -0.2) is 13.1 Å². The van der Waals surface area contributed by atoms with Crippen molar-refractivity contribution in [1.29, 1.82) is 0 Å². The van der Waals surface area contributed by atoms with Gasteiger partial charge in [0.2, 0.25) is 0 Å². The maximum Gasteiger partial charge on any atom is 0.311 e. The lowest BCUT2D eigenvalue weighted by Crippen LogP contribution is -2.22. The van der Waals surface area contributed by atoms with Gasteiger partial charge in [0.05, 0.1) is 13.5 Å². The summed E-state index contributed by atoms with van der Waals surface area (Å²) >= 11 is 0. The normalized spacial score (nSPS) is 17.5. The van der Waals surface area contributed by atoms with Gasteiger partial charge in [0.1, 0.15) is 5.75 Å². The van der Waals surface area contributed by atoms with Gasteiger partial charge in [0.25, 0.3) is 0 Å². The Labute approximate surface area is 111 Å². The molecule has 1 unspecified atom stereocenters. The molecule has 2 aromatic carbocycles. The number of methoxy groups -OCH3 is 1. The lowest BCUT2D eigenvalue weighted by Gasteiger charge is -2.27. The van der Waals surface area contributed by atoms with Crippen LogP contribution >= 0.6 is 0 Å². The average Bonchev–Trinajstić information content (AvgIpc) is 2.46. The lowest BCUT2D eigenvalue weighted by molar-refractivity contribution is -0.148. The monoisotopic (exact) mass is 254 g/mol. The molecule has 0 saturated heterocycles. The second-order valence-corrected chi connectivity index (χ2v) is 4.49. The Hall–Kier alpha value is -2.29. The molecule has 0 fully saturated rings. The molecule has 96 valence electrons. The first-order valence-corrected chi connectivity index (χ1v) is 6.20. The molecule has 3 rings (SSSR count). The van der Waals surface area contributed by atoms with Crippen LogP contribution in [0.1, 0.15) is 22.8 Å². The SMILES string of the molecule is COc1cccc2c1C(c1ccccc1)OC(=O)C2. The molecule has 3 heteroatoms. The zero-order valence-corrected chi connectivity index (χ0v) is 10.6. The smallest absolute Gasteiger partial charge is 0.311 e. The summed E-state index contributed by atoms with van der Waals surface area (Å²) in [6, 6.07) is 15.5. The Morgan fingerprint density at radius 3 is 2.63 bits per heavy atom. The van der Waals surface area contributed by atoms with Crippen molar-refractivity contribution in [3.63, 3.8) is 0 Å². The highest BCUT2D eigenvalue weighted by atomic mass is 16.5. The highest BCUT2D eigenvalue weighted by Crippen LogP contribution is 2.38. The summed E-state index contributed by atoms with van der Waals surface area (Å²) in [5.41, 5.74) is 2.89. The first-order chi connectivity index (χ1) is 9.29. The fourth-order valence-electron chi connectivity index (χ4n) is 2.47. The summed E-state index contributed by atoms with van der Waals surface area (Å²) in [7, 11) is 1.63. The average molecular weight is 254 g/mol. The van der Waals surface area contributed by atoms with E-state index in [1.807, 2.05) is 48.5 Å². The van der Waals surface area contributed by atoms with Crippen molar-refractivity contribution < 1.29 is 14.3 Å². The van der Waals surface area contributed by atoms with Gasteiger partial charge in [-0.2, -0.15) is 0 Å². The molecule has 1 aliphatic heterocycles.